The molecule has 29 heavy (non-hydrogen) atoms. The molecule has 2 amide bonds. The van der Waals surface area contributed by atoms with Crippen molar-refractivity contribution in [1.29, 1.82) is 0 Å². The summed E-state index contributed by atoms with van der Waals surface area (Å²) in [6.07, 6.45) is 2.48. The number of aromatic amines is 2. The van der Waals surface area contributed by atoms with Crippen LogP contribution in [0.25, 0.3) is 21.9 Å². The third kappa shape index (κ3) is 4.09. The molecule has 2 aromatic heterocycles. The maximum Gasteiger partial charge on any atom is 0.309 e. The Morgan fingerprint density at radius 2 is 1.97 bits per heavy atom. The first-order valence-corrected chi connectivity index (χ1v) is 9.68. The van der Waals surface area contributed by atoms with Crippen LogP contribution in [0.4, 0.5) is 0 Å². The van der Waals surface area contributed by atoms with Crippen LogP contribution in [0.15, 0.2) is 48.7 Å². The van der Waals surface area contributed by atoms with Crippen molar-refractivity contribution in [2.24, 2.45) is 0 Å². The molecule has 4 rings (SSSR count). The first kappa shape index (κ1) is 19.0. The molecule has 0 aliphatic heterocycles. The second-order valence-electron chi connectivity index (χ2n) is 6.84. The van der Waals surface area contributed by atoms with Crippen LogP contribution in [0, 0.1) is 0 Å². The fourth-order valence-corrected chi connectivity index (χ4v) is 3.44. The van der Waals surface area contributed by atoms with Gasteiger partial charge in [-0.05, 0) is 43.2 Å². The van der Waals surface area contributed by atoms with Crippen molar-refractivity contribution in [2.45, 2.75) is 19.4 Å². The minimum Gasteiger partial charge on any atom is -0.361 e. The molecule has 148 valence electrons. The number of halogens is 1. The van der Waals surface area contributed by atoms with E-state index in [1.807, 2.05) is 48.7 Å². The van der Waals surface area contributed by atoms with E-state index in [2.05, 4.69) is 25.6 Å². The lowest BCUT2D eigenvalue weighted by atomic mass is 10.1. The van der Waals surface area contributed by atoms with Crippen molar-refractivity contribution in [1.82, 2.24) is 25.6 Å². The second kappa shape index (κ2) is 7.97. The molecule has 4 N–H and O–H groups in total. The first-order chi connectivity index (χ1) is 14.0. The molecule has 0 radical (unpaired) electrons. The zero-order valence-electron chi connectivity index (χ0n) is 15.8. The Kier molecular flexibility index (Phi) is 5.22. The van der Waals surface area contributed by atoms with Gasteiger partial charge < -0.3 is 20.6 Å². The summed E-state index contributed by atoms with van der Waals surface area (Å²) in [5.74, 6) is -0.760. The highest BCUT2D eigenvalue weighted by atomic mass is 35.5. The standard InChI is InChI=1S/C21H20ClN5O2/c1-12(19-26-16-4-2-3-5-17(16)27-19)25-21(29)20(28)23-9-8-13-11-24-18-10-14(22)6-7-15(13)18/h2-7,10-12,24H,8-9H2,1H3,(H,23,28)(H,25,29)(H,26,27). The molecule has 0 aliphatic rings. The summed E-state index contributed by atoms with van der Waals surface area (Å²) in [4.78, 5) is 35.1. The van der Waals surface area contributed by atoms with Crippen LogP contribution in [-0.4, -0.2) is 33.3 Å². The van der Waals surface area contributed by atoms with E-state index in [-0.39, 0.29) is 0 Å². The highest BCUT2D eigenvalue weighted by molar-refractivity contribution is 6.35. The minimum atomic E-state index is -0.691. The lowest BCUT2D eigenvalue weighted by Gasteiger charge is -2.11. The maximum absolute atomic E-state index is 12.2. The Hall–Kier alpha value is -3.32. The maximum atomic E-state index is 12.2. The van der Waals surface area contributed by atoms with E-state index >= 15 is 0 Å². The molecule has 0 fully saturated rings. The van der Waals surface area contributed by atoms with Gasteiger partial charge in [-0.1, -0.05) is 29.8 Å². The smallest absolute Gasteiger partial charge is 0.309 e. The summed E-state index contributed by atoms with van der Waals surface area (Å²) in [7, 11) is 0. The number of imidazole rings is 1. The normalized spacial score (nSPS) is 12.2. The molecular formula is C21H20ClN5O2. The van der Waals surface area contributed by atoms with Gasteiger partial charge in [-0.25, -0.2) is 4.98 Å². The highest BCUT2D eigenvalue weighted by Crippen LogP contribution is 2.22. The monoisotopic (exact) mass is 409 g/mol. The van der Waals surface area contributed by atoms with Gasteiger partial charge in [0.2, 0.25) is 0 Å². The average molecular weight is 410 g/mol. The van der Waals surface area contributed by atoms with Gasteiger partial charge in [0.25, 0.3) is 0 Å². The molecular weight excluding hydrogens is 390 g/mol. The van der Waals surface area contributed by atoms with Crippen molar-refractivity contribution >= 4 is 45.4 Å². The molecule has 0 saturated heterocycles. The molecule has 2 aromatic carbocycles. The van der Waals surface area contributed by atoms with Crippen molar-refractivity contribution in [3.8, 4) is 0 Å². The van der Waals surface area contributed by atoms with Crippen LogP contribution in [0.2, 0.25) is 5.02 Å². The molecule has 1 atom stereocenters. The van der Waals surface area contributed by atoms with Crippen LogP contribution in [-0.2, 0) is 16.0 Å². The zero-order valence-corrected chi connectivity index (χ0v) is 16.5. The molecule has 7 nitrogen and oxygen atoms in total. The van der Waals surface area contributed by atoms with Crippen LogP contribution in [0.3, 0.4) is 0 Å². The van der Waals surface area contributed by atoms with E-state index < -0.39 is 17.9 Å². The number of carbonyl (C=O) groups is 2. The van der Waals surface area contributed by atoms with Crippen LogP contribution >= 0.6 is 11.6 Å². The highest BCUT2D eigenvalue weighted by Gasteiger charge is 2.19. The minimum absolute atomic E-state index is 0.348. The summed E-state index contributed by atoms with van der Waals surface area (Å²) in [6.45, 7) is 2.13. The quantitative estimate of drug-likeness (QED) is 0.380. The van der Waals surface area contributed by atoms with Crippen molar-refractivity contribution < 1.29 is 9.59 Å². The van der Waals surface area contributed by atoms with Crippen molar-refractivity contribution in [3.05, 3.63) is 65.1 Å². The number of hydrogen-bond acceptors (Lipinski definition) is 3. The average Bonchev–Trinajstić information content (AvgIpc) is 3.31. The van der Waals surface area contributed by atoms with E-state index in [0.29, 0.717) is 23.8 Å². The summed E-state index contributed by atoms with van der Waals surface area (Å²) < 4.78 is 0. The fourth-order valence-electron chi connectivity index (χ4n) is 3.26. The SMILES string of the molecule is CC(NC(=O)C(=O)NCCc1c[nH]c2cc(Cl)ccc12)c1nc2ccccc2[nH]1. The van der Waals surface area contributed by atoms with Gasteiger partial charge in [-0.15, -0.1) is 0 Å². The van der Waals surface area contributed by atoms with Gasteiger partial charge in [-0.2, -0.15) is 0 Å². The van der Waals surface area contributed by atoms with Gasteiger partial charge in [0, 0.05) is 28.7 Å². The van der Waals surface area contributed by atoms with Gasteiger partial charge in [-0.3, -0.25) is 9.59 Å². The molecule has 0 spiro atoms. The predicted molar refractivity (Wildman–Crippen MR) is 113 cm³/mol. The van der Waals surface area contributed by atoms with E-state index in [1.165, 1.54) is 0 Å². The van der Waals surface area contributed by atoms with Crippen LogP contribution < -0.4 is 10.6 Å². The largest absolute Gasteiger partial charge is 0.361 e. The zero-order chi connectivity index (χ0) is 20.4. The van der Waals surface area contributed by atoms with E-state index in [0.717, 1.165) is 27.5 Å². The Morgan fingerprint density at radius 1 is 1.14 bits per heavy atom. The number of hydrogen-bond donors (Lipinski definition) is 4. The van der Waals surface area contributed by atoms with Crippen molar-refractivity contribution in [3.63, 3.8) is 0 Å². The van der Waals surface area contributed by atoms with Gasteiger partial charge >= 0.3 is 11.8 Å². The number of fused-ring (bicyclic) bond motifs is 2. The van der Waals surface area contributed by atoms with Crippen molar-refractivity contribution in [2.75, 3.05) is 6.54 Å². The van der Waals surface area contributed by atoms with Gasteiger partial charge in [0.05, 0.1) is 17.1 Å². The number of para-hydroxylation sites is 2. The Balaban J connectivity index is 1.31. The molecule has 8 heteroatoms. The lowest BCUT2D eigenvalue weighted by molar-refractivity contribution is -0.139. The summed E-state index contributed by atoms with van der Waals surface area (Å²) in [5.41, 5.74) is 3.69. The topological polar surface area (TPSA) is 103 Å². The fraction of sp³-hybridized carbons (Fsp3) is 0.190. The summed E-state index contributed by atoms with van der Waals surface area (Å²) >= 11 is 5.99. The Bertz CT molecular complexity index is 1160. The molecule has 2 heterocycles. The third-order valence-corrected chi connectivity index (χ3v) is 5.02. The Labute approximate surface area is 171 Å². The number of benzene rings is 2. The van der Waals surface area contributed by atoms with Crippen LogP contribution in [0.1, 0.15) is 24.4 Å². The van der Waals surface area contributed by atoms with E-state index in [1.54, 1.807) is 6.92 Å². The number of rotatable bonds is 5. The van der Waals surface area contributed by atoms with Gasteiger partial charge in [0.15, 0.2) is 0 Å². The predicted octanol–water partition coefficient (Wildman–Crippen LogP) is 3.23. The number of carbonyl (C=O) groups excluding carboxylic acids is 2. The Morgan fingerprint density at radius 3 is 2.79 bits per heavy atom. The number of nitrogens with one attached hydrogen (secondary N) is 4. The molecule has 4 aromatic rings. The molecule has 1 unspecified atom stereocenters. The van der Waals surface area contributed by atoms with E-state index in [4.69, 9.17) is 11.6 Å². The molecule has 0 bridgehead atoms. The molecule has 0 aliphatic carbocycles. The number of H-pyrrole nitrogens is 2. The number of nitrogens with zero attached hydrogens (tertiary/aromatic N) is 1. The van der Waals surface area contributed by atoms with E-state index in [9.17, 15) is 9.59 Å². The summed E-state index contributed by atoms with van der Waals surface area (Å²) in [5, 5.41) is 7.04. The second-order valence-corrected chi connectivity index (χ2v) is 7.28. The number of aromatic nitrogens is 3. The third-order valence-electron chi connectivity index (χ3n) is 4.78. The molecule has 0 saturated carbocycles. The van der Waals surface area contributed by atoms with Crippen LogP contribution in [0.5, 0.6) is 0 Å². The van der Waals surface area contributed by atoms with Gasteiger partial charge in [0.1, 0.15) is 5.82 Å². The summed E-state index contributed by atoms with van der Waals surface area (Å²) in [6, 6.07) is 12.8. The lowest BCUT2D eigenvalue weighted by Crippen LogP contribution is -2.41. The number of amides is 2. The first-order valence-electron chi connectivity index (χ1n) is 9.30.